The summed E-state index contributed by atoms with van der Waals surface area (Å²) in [5.41, 5.74) is 13.7. The summed E-state index contributed by atoms with van der Waals surface area (Å²) in [5, 5.41) is 3.14. The summed E-state index contributed by atoms with van der Waals surface area (Å²) in [7, 11) is 0. The topological polar surface area (TPSA) is 111 Å². The zero-order valence-corrected chi connectivity index (χ0v) is 11.6. The van der Waals surface area contributed by atoms with Gasteiger partial charge in [-0.1, -0.05) is 0 Å². The molecule has 0 spiro atoms. The van der Waals surface area contributed by atoms with Crippen LogP contribution >= 0.6 is 0 Å². The summed E-state index contributed by atoms with van der Waals surface area (Å²) in [5.74, 6) is -1.22. The van der Waals surface area contributed by atoms with Gasteiger partial charge in [-0.15, -0.1) is 0 Å². The highest BCUT2D eigenvalue weighted by molar-refractivity contribution is 5.99. The second-order valence-electron chi connectivity index (χ2n) is 4.68. The van der Waals surface area contributed by atoms with E-state index in [2.05, 4.69) is 10.3 Å². The van der Waals surface area contributed by atoms with Crippen LogP contribution in [0.25, 0.3) is 0 Å². The second-order valence-corrected chi connectivity index (χ2v) is 4.68. The van der Waals surface area contributed by atoms with Crippen LogP contribution in [0, 0.1) is 6.92 Å². The molecule has 6 nitrogen and oxygen atoms in total. The van der Waals surface area contributed by atoms with Gasteiger partial charge in [-0.2, -0.15) is 0 Å². The number of aromatic nitrogens is 1. The monoisotopic (exact) mass is 284 g/mol. The van der Waals surface area contributed by atoms with Crippen molar-refractivity contribution in [3.63, 3.8) is 0 Å². The Kier molecular flexibility index (Phi) is 4.18. The summed E-state index contributed by atoms with van der Waals surface area (Å²) in [6.07, 6.45) is 3.48. The molecule has 0 aliphatic heterocycles. The highest BCUT2D eigenvalue weighted by atomic mass is 16.1. The van der Waals surface area contributed by atoms with Gasteiger partial charge >= 0.3 is 0 Å². The van der Waals surface area contributed by atoms with Crippen molar-refractivity contribution in [1.82, 2.24) is 4.98 Å². The van der Waals surface area contributed by atoms with Crippen LogP contribution in [-0.4, -0.2) is 16.8 Å². The average Bonchev–Trinajstić information content (AvgIpc) is 2.46. The molecule has 0 radical (unpaired) electrons. The minimum absolute atomic E-state index is 0.233. The van der Waals surface area contributed by atoms with Crippen molar-refractivity contribution in [2.24, 2.45) is 11.5 Å². The fraction of sp³-hybridized carbons (Fsp3) is 0.133. The Hall–Kier alpha value is -2.89. The van der Waals surface area contributed by atoms with E-state index in [0.717, 1.165) is 11.1 Å². The Labute approximate surface area is 122 Å². The SMILES string of the molecule is Cc1ccncc1CNc1cc(C(N)=O)cc(C(N)=O)c1. The zero-order chi connectivity index (χ0) is 15.4. The number of rotatable bonds is 5. The fourth-order valence-corrected chi connectivity index (χ4v) is 1.89. The summed E-state index contributed by atoms with van der Waals surface area (Å²) in [6, 6.07) is 6.46. The van der Waals surface area contributed by atoms with Crippen LogP contribution < -0.4 is 16.8 Å². The third-order valence-corrected chi connectivity index (χ3v) is 3.13. The Bertz CT molecular complexity index is 666. The maximum Gasteiger partial charge on any atom is 0.248 e. The Morgan fingerprint density at radius 3 is 2.29 bits per heavy atom. The van der Waals surface area contributed by atoms with Crippen LogP contribution in [0.1, 0.15) is 31.8 Å². The smallest absolute Gasteiger partial charge is 0.248 e. The van der Waals surface area contributed by atoms with Gasteiger partial charge in [0.05, 0.1) is 0 Å². The van der Waals surface area contributed by atoms with Crippen molar-refractivity contribution in [3.05, 3.63) is 58.9 Å². The Morgan fingerprint density at radius 2 is 1.76 bits per heavy atom. The molecular formula is C15H16N4O2. The molecule has 5 N–H and O–H groups in total. The van der Waals surface area contributed by atoms with Crippen molar-refractivity contribution in [1.29, 1.82) is 0 Å². The summed E-state index contributed by atoms with van der Waals surface area (Å²) >= 11 is 0. The van der Waals surface area contributed by atoms with E-state index in [9.17, 15) is 9.59 Å². The minimum atomic E-state index is -0.612. The first kappa shape index (κ1) is 14.5. The van der Waals surface area contributed by atoms with Crippen LogP contribution in [0.5, 0.6) is 0 Å². The maximum absolute atomic E-state index is 11.3. The van der Waals surface area contributed by atoms with E-state index in [0.29, 0.717) is 12.2 Å². The summed E-state index contributed by atoms with van der Waals surface area (Å²) in [4.78, 5) is 26.6. The molecule has 0 bridgehead atoms. The predicted molar refractivity (Wildman–Crippen MR) is 79.8 cm³/mol. The standard InChI is InChI=1S/C15H16N4O2/c1-9-2-3-18-7-12(9)8-19-13-5-10(14(16)20)4-11(6-13)15(17)21/h2-7,19H,8H2,1H3,(H2,16,20)(H2,17,21). The quantitative estimate of drug-likeness (QED) is 0.766. The van der Waals surface area contributed by atoms with Gasteiger partial charge in [0.15, 0.2) is 0 Å². The molecule has 1 heterocycles. The molecule has 1 aromatic heterocycles. The van der Waals surface area contributed by atoms with Crippen molar-refractivity contribution in [2.45, 2.75) is 13.5 Å². The van der Waals surface area contributed by atoms with E-state index in [1.807, 2.05) is 13.0 Å². The van der Waals surface area contributed by atoms with Gasteiger partial charge in [-0.25, -0.2) is 0 Å². The molecule has 0 aliphatic carbocycles. The molecule has 2 amide bonds. The van der Waals surface area contributed by atoms with E-state index < -0.39 is 11.8 Å². The van der Waals surface area contributed by atoms with Gasteiger partial charge < -0.3 is 16.8 Å². The van der Waals surface area contributed by atoms with Gasteiger partial charge in [-0.05, 0) is 42.3 Å². The maximum atomic E-state index is 11.3. The number of benzene rings is 1. The average molecular weight is 284 g/mol. The molecule has 21 heavy (non-hydrogen) atoms. The summed E-state index contributed by atoms with van der Waals surface area (Å²) in [6.45, 7) is 2.49. The van der Waals surface area contributed by atoms with Crippen LogP contribution in [0.4, 0.5) is 5.69 Å². The lowest BCUT2D eigenvalue weighted by atomic mass is 10.1. The first-order valence-corrected chi connectivity index (χ1v) is 6.35. The lowest BCUT2D eigenvalue weighted by molar-refractivity contribution is 0.0999. The normalized spacial score (nSPS) is 10.1. The molecular weight excluding hydrogens is 268 g/mol. The van der Waals surface area contributed by atoms with E-state index >= 15 is 0 Å². The van der Waals surface area contributed by atoms with Crippen LogP contribution in [0.2, 0.25) is 0 Å². The first-order valence-electron chi connectivity index (χ1n) is 6.35. The minimum Gasteiger partial charge on any atom is -0.381 e. The van der Waals surface area contributed by atoms with Crippen LogP contribution in [0.3, 0.4) is 0 Å². The predicted octanol–water partition coefficient (Wildman–Crippen LogP) is 1.20. The van der Waals surface area contributed by atoms with Crippen molar-refractivity contribution in [3.8, 4) is 0 Å². The van der Waals surface area contributed by atoms with Gasteiger partial charge in [0.1, 0.15) is 0 Å². The number of nitrogens with one attached hydrogen (secondary N) is 1. The molecule has 0 unspecified atom stereocenters. The molecule has 0 saturated heterocycles. The molecule has 1 aromatic carbocycles. The number of amides is 2. The zero-order valence-electron chi connectivity index (χ0n) is 11.6. The highest BCUT2D eigenvalue weighted by Gasteiger charge is 2.09. The van der Waals surface area contributed by atoms with Crippen molar-refractivity contribution in [2.75, 3.05) is 5.32 Å². The molecule has 2 aromatic rings. The number of primary amides is 2. The number of pyridine rings is 1. The lowest BCUT2D eigenvalue weighted by Crippen LogP contribution is -2.16. The Morgan fingerprint density at radius 1 is 1.14 bits per heavy atom. The number of hydrogen-bond acceptors (Lipinski definition) is 4. The van der Waals surface area contributed by atoms with Gasteiger partial charge in [0, 0.05) is 35.8 Å². The molecule has 0 atom stereocenters. The lowest BCUT2D eigenvalue weighted by Gasteiger charge is -2.10. The third-order valence-electron chi connectivity index (χ3n) is 3.13. The largest absolute Gasteiger partial charge is 0.381 e. The number of carbonyl (C=O) groups is 2. The molecule has 108 valence electrons. The van der Waals surface area contributed by atoms with Gasteiger partial charge in [0.25, 0.3) is 0 Å². The van der Waals surface area contributed by atoms with Crippen molar-refractivity contribution >= 4 is 17.5 Å². The molecule has 6 heteroatoms. The second kappa shape index (κ2) is 6.04. The fourth-order valence-electron chi connectivity index (χ4n) is 1.89. The van der Waals surface area contributed by atoms with E-state index in [1.54, 1.807) is 24.5 Å². The van der Waals surface area contributed by atoms with Crippen LogP contribution in [0.15, 0.2) is 36.7 Å². The van der Waals surface area contributed by atoms with Gasteiger partial charge in [0.2, 0.25) is 11.8 Å². The van der Waals surface area contributed by atoms with Gasteiger partial charge in [-0.3, -0.25) is 14.6 Å². The molecule has 0 aliphatic rings. The summed E-state index contributed by atoms with van der Waals surface area (Å²) < 4.78 is 0. The number of nitrogens with two attached hydrogens (primary N) is 2. The third kappa shape index (κ3) is 3.56. The number of carbonyl (C=O) groups excluding carboxylic acids is 2. The molecule has 2 rings (SSSR count). The molecule has 0 saturated carbocycles. The number of hydrogen-bond donors (Lipinski definition) is 3. The van der Waals surface area contributed by atoms with E-state index in [4.69, 9.17) is 11.5 Å². The van der Waals surface area contributed by atoms with E-state index in [1.165, 1.54) is 6.07 Å². The highest BCUT2D eigenvalue weighted by Crippen LogP contribution is 2.16. The Balaban J connectivity index is 2.25. The van der Waals surface area contributed by atoms with Crippen molar-refractivity contribution < 1.29 is 9.59 Å². The number of anilines is 1. The number of nitrogens with zero attached hydrogens (tertiary/aromatic N) is 1. The first-order chi connectivity index (χ1) is 9.97. The number of aryl methyl sites for hydroxylation is 1. The molecule has 0 fully saturated rings. The van der Waals surface area contributed by atoms with E-state index in [-0.39, 0.29) is 11.1 Å². The van der Waals surface area contributed by atoms with Crippen LogP contribution in [-0.2, 0) is 6.54 Å².